The van der Waals surface area contributed by atoms with Gasteiger partial charge in [-0.25, -0.2) is 0 Å². The van der Waals surface area contributed by atoms with Crippen LogP contribution in [0.1, 0.15) is 27.0 Å². The summed E-state index contributed by atoms with van der Waals surface area (Å²) in [5, 5.41) is 14.0. The van der Waals surface area contributed by atoms with E-state index in [0.29, 0.717) is 28.6 Å². The summed E-state index contributed by atoms with van der Waals surface area (Å²) in [5.41, 5.74) is 3.27. The third-order valence-corrected chi connectivity index (χ3v) is 4.98. The monoisotopic (exact) mass is 322 g/mol. The Morgan fingerprint density at radius 3 is 2.48 bits per heavy atom. The molecule has 2 aromatic rings. The van der Waals surface area contributed by atoms with Crippen molar-refractivity contribution in [1.29, 1.82) is 5.26 Å². The average molecular weight is 322 g/mol. The first kappa shape index (κ1) is 15.3. The normalized spacial score (nSPS) is 19.7. The van der Waals surface area contributed by atoms with Crippen molar-refractivity contribution in [2.75, 3.05) is 5.32 Å². The second-order valence-electron chi connectivity index (χ2n) is 5.53. The molecule has 0 radical (unpaired) electrons. The zero-order chi connectivity index (χ0) is 16.6. The number of carbonyl (C=O) groups excluding carboxylic acids is 2. The summed E-state index contributed by atoms with van der Waals surface area (Å²) in [5.74, 6) is -0.816. The molecule has 0 aliphatic carbocycles. The van der Waals surface area contributed by atoms with Crippen LogP contribution in [0.25, 0.3) is 0 Å². The SMILES string of the molecule is Cc1cc(C)c2c(c1)NC(=O)C(SC#N)(c1ccccc1)C2=O. The number of amides is 1. The molecule has 1 amide bonds. The van der Waals surface area contributed by atoms with Gasteiger partial charge in [-0.2, -0.15) is 5.26 Å². The lowest BCUT2D eigenvalue weighted by molar-refractivity contribution is -0.117. The number of anilines is 1. The molecule has 23 heavy (non-hydrogen) atoms. The van der Waals surface area contributed by atoms with Crippen LogP contribution in [0.15, 0.2) is 42.5 Å². The highest BCUT2D eigenvalue weighted by molar-refractivity contribution is 8.06. The Hall–Kier alpha value is -2.58. The Balaban J connectivity index is 2.28. The van der Waals surface area contributed by atoms with Crippen LogP contribution in [0.5, 0.6) is 0 Å². The second kappa shape index (κ2) is 5.56. The number of thiocyanates is 1. The fourth-order valence-corrected chi connectivity index (χ4v) is 3.74. The molecule has 0 aromatic heterocycles. The number of nitriles is 1. The first-order valence-corrected chi connectivity index (χ1v) is 7.92. The van der Waals surface area contributed by atoms with Crippen molar-refractivity contribution in [3.63, 3.8) is 0 Å². The minimum atomic E-state index is -1.57. The maximum absolute atomic E-state index is 13.2. The topological polar surface area (TPSA) is 70.0 Å². The van der Waals surface area contributed by atoms with E-state index in [0.717, 1.165) is 11.1 Å². The summed E-state index contributed by atoms with van der Waals surface area (Å²) in [4.78, 5) is 26.0. The minimum Gasteiger partial charge on any atom is -0.323 e. The fourth-order valence-electron chi connectivity index (χ4n) is 3.01. The number of aryl methyl sites for hydroxylation is 2. The van der Waals surface area contributed by atoms with E-state index in [2.05, 4.69) is 5.32 Å². The third-order valence-electron chi connectivity index (χ3n) is 3.97. The van der Waals surface area contributed by atoms with Gasteiger partial charge in [0.2, 0.25) is 0 Å². The second-order valence-corrected chi connectivity index (χ2v) is 6.53. The molecule has 1 atom stereocenters. The maximum atomic E-state index is 13.2. The number of carbonyl (C=O) groups is 2. The van der Waals surface area contributed by atoms with E-state index in [1.807, 2.05) is 31.4 Å². The van der Waals surface area contributed by atoms with E-state index in [4.69, 9.17) is 0 Å². The predicted octanol–water partition coefficient (Wildman–Crippen LogP) is 3.55. The van der Waals surface area contributed by atoms with Gasteiger partial charge in [-0.3, -0.25) is 9.59 Å². The number of hydrogen-bond donors (Lipinski definition) is 1. The molecule has 114 valence electrons. The van der Waals surface area contributed by atoms with E-state index < -0.39 is 10.7 Å². The van der Waals surface area contributed by atoms with Crippen molar-refractivity contribution < 1.29 is 9.59 Å². The van der Waals surface area contributed by atoms with E-state index >= 15 is 0 Å². The van der Waals surface area contributed by atoms with Crippen LogP contribution in [-0.2, 0) is 9.54 Å². The molecule has 0 spiro atoms. The highest BCUT2D eigenvalue weighted by Gasteiger charge is 2.53. The molecule has 3 rings (SSSR count). The number of rotatable bonds is 2. The number of ketones is 1. The lowest BCUT2D eigenvalue weighted by Crippen LogP contribution is -2.48. The highest BCUT2D eigenvalue weighted by atomic mass is 32.2. The van der Waals surface area contributed by atoms with E-state index in [1.165, 1.54) is 0 Å². The van der Waals surface area contributed by atoms with Gasteiger partial charge in [0, 0.05) is 5.56 Å². The van der Waals surface area contributed by atoms with Crippen molar-refractivity contribution >= 4 is 29.1 Å². The van der Waals surface area contributed by atoms with Gasteiger partial charge in [-0.1, -0.05) is 36.4 Å². The Kier molecular flexibility index (Phi) is 3.70. The standard InChI is InChI=1S/C18H14N2O2S/c1-11-8-12(2)15-14(9-11)20-17(22)18(16(15)21,23-10-19)13-6-4-3-5-7-13/h3-9H,1-2H3,(H,20,22). The number of nitrogens with zero attached hydrogens (tertiary/aromatic N) is 1. The van der Waals surface area contributed by atoms with Crippen molar-refractivity contribution in [2.24, 2.45) is 0 Å². The number of thioether (sulfide) groups is 1. The quantitative estimate of drug-likeness (QED) is 0.678. The third kappa shape index (κ3) is 2.23. The van der Waals surface area contributed by atoms with Crippen LogP contribution in [0, 0.1) is 24.5 Å². The van der Waals surface area contributed by atoms with Crippen molar-refractivity contribution in [2.45, 2.75) is 18.6 Å². The molecule has 2 aromatic carbocycles. The molecule has 4 nitrogen and oxygen atoms in total. The average Bonchev–Trinajstić information content (AvgIpc) is 2.51. The number of benzene rings is 2. The molecular formula is C18H14N2O2S. The van der Waals surface area contributed by atoms with Gasteiger partial charge < -0.3 is 5.32 Å². The lowest BCUT2D eigenvalue weighted by Gasteiger charge is -2.34. The summed E-state index contributed by atoms with van der Waals surface area (Å²) in [7, 11) is 0. The van der Waals surface area contributed by atoms with Crippen LogP contribution < -0.4 is 5.32 Å². The maximum Gasteiger partial charge on any atom is 0.254 e. The van der Waals surface area contributed by atoms with Gasteiger partial charge in [0.05, 0.1) is 5.69 Å². The summed E-state index contributed by atoms with van der Waals surface area (Å²) in [6, 6.07) is 12.4. The molecule has 1 aliphatic rings. The van der Waals surface area contributed by atoms with E-state index in [-0.39, 0.29) is 5.78 Å². The van der Waals surface area contributed by atoms with Crippen LogP contribution in [-0.4, -0.2) is 11.7 Å². The first-order valence-electron chi connectivity index (χ1n) is 7.11. The summed E-state index contributed by atoms with van der Waals surface area (Å²) < 4.78 is -1.57. The van der Waals surface area contributed by atoms with Gasteiger partial charge in [0.25, 0.3) is 5.91 Å². The van der Waals surface area contributed by atoms with Crippen LogP contribution in [0.4, 0.5) is 5.69 Å². The van der Waals surface area contributed by atoms with Crippen molar-refractivity contribution in [1.82, 2.24) is 0 Å². The molecule has 1 aliphatic heterocycles. The Morgan fingerprint density at radius 2 is 1.83 bits per heavy atom. The largest absolute Gasteiger partial charge is 0.323 e. The molecule has 0 saturated heterocycles. The Bertz CT molecular complexity index is 855. The summed E-state index contributed by atoms with van der Waals surface area (Å²) in [6.07, 6.45) is 0. The molecule has 0 bridgehead atoms. The number of hydrogen-bond acceptors (Lipinski definition) is 4. The van der Waals surface area contributed by atoms with Gasteiger partial charge in [0.1, 0.15) is 5.40 Å². The smallest absolute Gasteiger partial charge is 0.254 e. The van der Waals surface area contributed by atoms with Crippen LogP contribution >= 0.6 is 11.8 Å². The zero-order valence-corrected chi connectivity index (χ0v) is 13.5. The molecule has 1 N–H and O–H groups in total. The molecule has 1 unspecified atom stereocenters. The molecule has 1 heterocycles. The first-order chi connectivity index (χ1) is 11.0. The van der Waals surface area contributed by atoms with Crippen LogP contribution in [0.2, 0.25) is 0 Å². The molecular weight excluding hydrogens is 308 g/mol. The van der Waals surface area contributed by atoms with Gasteiger partial charge in [0.15, 0.2) is 10.5 Å². The number of nitrogens with one attached hydrogen (secondary N) is 1. The highest BCUT2D eigenvalue weighted by Crippen LogP contribution is 2.45. The number of Topliss-reactive ketones (excluding diaryl/α,β-unsaturated/α-hetero) is 1. The lowest BCUT2D eigenvalue weighted by atomic mass is 9.83. The van der Waals surface area contributed by atoms with E-state index in [9.17, 15) is 14.9 Å². The Labute approximate surface area is 138 Å². The Morgan fingerprint density at radius 1 is 1.13 bits per heavy atom. The van der Waals surface area contributed by atoms with Gasteiger partial charge in [-0.15, -0.1) is 0 Å². The van der Waals surface area contributed by atoms with Crippen LogP contribution in [0.3, 0.4) is 0 Å². The molecule has 5 heteroatoms. The zero-order valence-electron chi connectivity index (χ0n) is 12.7. The van der Waals surface area contributed by atoms with Gasteiger partial charge in [-0.05, 0) is 48.4 Å². The van der Waals surface area contributed by atoms with Crippen molar-refractivity contribution in [3.8, 4) is 5.40 Å². The summed E-state index contributed by atoms with van der Waals surface area (Å²) in [6.45, 7) is 3.75. The summed E-state index contributed by atoms with van der Waals surface area (Å²) >= 11 is 0.689. The fraction of sp³-hybridized carbons (Fsp3) is 0.167. The van der Waals surface area contributed by atoms with Crippen molar-refractivity contribution in [3.05, 3.63) is 64.7 Å². The number of fused-ring (bicyclic) bond motifs is 1. The predicted molar refractivity (Wildman–Crippen MR) is 90.2 cm³/mol. The molecule has 0 saturated carbocycles. The minimum absolute atomic E-state index is 0.341. The van der Waals surface area contributed by atoms with Gasteiger partial charge >= 0.3 is 0 Å². The van der Waals surface area contributed by atoms with E-state index in [1.54, 1.807) is 30.3 Å². The molecule has 0 fully saturated rings.